The average Bonchev–Trinajstić information content (AvgIpc) is 2.85. The molecule has 1 aliphatic heterocycles. The molecule has 1 aliphatic rings. The van der Waals surface area contributed by atoms with Crippen molar-refractivity contribution in [1.82, 2.24) is 4.90 Å². The Kier molecular flexibility index (Phi) is 6.13. The number of rotatable bonds is 7. The summed E-state index contributed by atoms with van der Waals surface area (Å²) in [7, 11) is 0. The largest absolute Gasteiger partial charge is 0.339 e. The minimum atomic E-state index is -0.290. The van der Waals surface area contributed by atoms with E-state index in [0.29, 0.717) is 18.5 Å². The highest BCUT2D eigenvalue weighted by molar-refractivity contribution is 5.83. The molecular weight excluding hydrogens is 224 g/mol. The first-order valence-corrected chi connectivity index (χ1v) is 7.66. The maximum atomic E-state index is 12.9. The Labute approximate surface area is 112 Å². The molecule has 1 saturated heterocycles. The Morgan fingerprint density at radius 1 is 1.28 bits per heavy atom. The minimum Gasteiger partial charge on any atom is -0.339 e. The van der Waals surface area contributed by atoms with E-state index in [4.69, 9.17) is 5.73 Å². The number of carbonyl (C=O) groups excluding carboxylic acids is 1. The quantitative estimate of drug-likeness (QED) is 0.759. The van der Waals surface area contributed by atoms with E-state index >= 15 is 0 Å². The van der Waals surface area contributed by atoms with Crippen molar-refractivity contribution in [3.63, 3.8) is 0 Å². The highest BCUT2D eigenvalue weighted by Crippen LogP contribution is 2.34. The van der Waals surface area contributed by atoms with E-state index in [1.807, 2.05) is 0 Å². The normalized spacial score (nSPS) is 20.4. The first-order valence-electron chi connectivity index (χ1n) is 7.66. The van der Waals surface area contributed by atoms with Gasteiger partial charge in [-0.2, -0.15) is 0 Å². The van der Waals surface area contributed by atoms with Gasteiger partial charge in [0, 0.05) is 19.1 Å². The van der Waals surface area contributed by atoms with Gasteiger partial charge >= 0.3 is 0 Å². The zero-order valence-corrected chi connectivity index (χ0v) is 12.4. The van der Waals surface area contributed by atoms with E-state index in [9.17, 15) is 4.79 Å². The molecular formula is C15H30N2O. The molecule has 0 radical (unpaired) electrons. The van der Waals surface area contributed by atoms with Gasteiger partial charge in [-0.3, -0.25) is 4.79 Å². The van der Waals surface area contributed by atoms with Crippen molar-refractivity contribution in [3.8, 4) is 0 Å². The zero-order chi connectivity index (χ0) is 13.6. The first kappa shape index (κ1) is 15.5. The molecule has 0 spiro atoms. The van der Waals surface area contributed by atoms with Crippen LogP contribution in [0, 0.1) is 5.41 Å². The summed E-state index contributed by atoms with van der Waals surface area (Å²) in [5.74, 6) is 0.332. The van der Waals surface area contributed by atoms with Crippen LogP contribution >= 0.6 is 0 Å². The van der Waals surface area contributed by atoms with Gasteiger partial charge in [-0.1, -0.05) is 33.6 Å². The molecule has 0 aromatic carbocycles. The van der Waals surface area contributed by atoms with Crippen molar-refractivity contribution in [3.05, 3.63) is 0 Å². The molecule has 2 N–H and O–H groups in total. The van der Waals surface area contributed by atoms with Crippen LogP contribution in [0.15, 0.2) is 0 Å². The topological polar surface area (TPSA) is 46.3 Å². The molecule has 0 bridgehead atoms. The number of likely N-dealkylation sites (tertiary alicyclic amines) is 1. The Hall–Kier alpha value is -0.570. The molecule has 3 nitrogen and oxygen atoms in total. The number of hydrogen-bond acceptors (Lipinski definition) is 2. The van der Waals surface area contributed by atoms with Gasteiger partial charge < -0.3 is 10.6 Å². The summed E-state index contributed by atoms with van der Waals surface area (Å²) in [5, 5.41) is 0. The molecule has 1 unspecified atom stereocenters. The lowest BCUT2D eigenvalue weighted by Crippen LogP contribution is -2.49. The molecule has 1 rings (SSSR count). The van der Waals surface area contributed by atoms with E-state index < -0.39 is 0 Å². The fourth-order valence-corrected chi connectivity index (χ4v) is 3.42. The highest BCUT2D eigenvalue weighted by Gasteiger charge is 2.41. The van der Waals surface area contributed by atoms with Gasteiger partial charge in [-0.15, -0.1) is 0 Å². The van der Waals surface area contributed by atoms with Crippen molar-refractivity contribution in [2.75, 3.05) is 13.1 Å². The van der Waals surface area contributed by atoms with Crippen LogP contribution in [0.2, 0.25) is 0 Å². The number of nitrogens with two attached hydrogens (primary N) is 1. The van der Waals surface area contributed by atoms with Crippen LogP contribution in [-0.4, -0.2) is 29.9 Å². The smallest absolute Gasteiger partial charge is 0.230 e. The van der Waals surface area contributed by atoms with Crippen LogP contribution in [0.25, 0.3) is 0 Å². The monoisotopic (exact) mass is 254 g/mol. The van der Waals surface area contributed by atoms with Gasteiger partial charge in [0.2, 0.25) is 5.91 Å². The zero-order valence-electron chi connectivity index (χ0n) is 12.4. The van der Waals surface area contributed by atoms with Crippen molar-refractivity contribution in [2.24, 2.45) is 11.1 Å². The van der Waals surface area contributed by atoms with Gasteiger partial charge in [0.1, 0.15) is 0 Å². The summed E-state index contributed by atoms with van der Waals surface area (Å²) in [6, 6.07) is 0.456. The second kappa shape index (κ2) is 7.13. The van der Waals surface area contributed by atoms with Crippen molar-refractivity contribution < 1.29 is 4.79 Å². The fraction of sp³-hybridized carbons (Fsp3) is 0.933. The minimum absolute atomic E-state index is 0.290. The van der Waals surface area contributed by atoms with Crippen molar-refractivity contribution >= 4 is 5.91 Å². The average molecular weight is 254 g/mol. The third-order valence-electron chi connectivity index (χ3n) is 4.41. The molecule has 3 heteroatoms. The lowest BCUT2D eigenvalue weighted by atomic mass is 9.77. The summed E-state index contributed by atoms with van der Waals surface area (Å²) in [5.41, 5.74) is 5.70. The van der Waals surface area contributed by atoms with E-state index in [2.05, 4.69) is 25.7 Å². The fourth-order valence-electron chi connectivity index (χ4n) is 3.42. The van der Waals surface area contributed by atoms with Crippen molar-refractivity contribution in [2.45, 2.75) is 71.8 Å². The third kappa shape index (κ3) is 3.05. The summed E-state index contributed by atoms with van der Waals surface area (Å²) >= 11 is 0. The Balaban J connectivity index is 2.86. The predicted octanol–water partition coefficient (Wildman–Crippen LogP) is 2.93. The van der Waals surface area contributed by atoms with Crippen LogP contribution in [0.1, 0.15) is 65.7 Å². The SMILES string of the molecule is CCCC(CN)(CCC)C(=O)N1CCCC1CC. The Morgan fingerprint density at radius 2 is 1.89 bits per heavy atom. The summed E-state index contributed by atoms with van der Waals surface area (Å²) in [6.07, 6.45) is 7.34. The maximum Gasteiger partial charge on any atom is 0.230 e. The van der Waals surface area contributed by atoms with E-state index in [0.717, 1.165) is 45.1 Å². The lowest BCUT2D eigenvalue weighted by molar-refractivity contribution is -0.143. The summed E-state index contributed by atoms with van der Waals surface area (Å²) in [4.78, 5) is 15.0. The van der Waals surface area contributed by atoms with Crippen LogP contribution in [0.4, 0.5) is 0 Å². The van der Waals surface area contributed by atoms with Gasteiger partial charge in [0.05, 0.1) is 5.41 Å². The number of hydrogen-bond donors (Lipinski definition) is 1. The Morgan fingerprint density at radius 3 is 2.33 bits per heavy atom. The highest BCUT2D eigenvalue weighted by atomic mass is 16.2. The van der Waals surface area contributed by atoms with E-state index in [-0.39, 0.29) is 5.41 Å². The summed E-state index contributed by atoms with van der Waals surface area (Å²) < 4.78 is 0. The third-order valence-corrected chi connectivity index (χ3v) is 4.41. The van der Waals surface area contributed by atoms with Crippen LogP contribution in [0.5, 0.6) is 0 Å². The van der Waals surface area contributed by atoms with Crippen LogP contribution in [-0.2, 0) is 4.79 Å². The molecule has 106 valence electrons. The first-order chi connectivity index (χ1) is 8.65. The Bertz CT molecular complexity index is 259. The molecule has 0 saturated carbocycles. The molecule has 0 aromatic rings. The molecule has 18 heavy (non-hydrogen) atoms. The van der Waals surface area contributed by atoms with Crippen LogP contribution < -0.4 is 5.73 Å². The number of amides is 1. The predicted molar refractivity (Wildman–Crippen MR) is 76.3 cm³/mol. The van der Waals surface area contributed by atoms with E-state index in [1.165, 1.54) is 6.42 Å². The number of nitrogens with zero attached hydrogens (tertiary/aromatic N) is 1. The molecule has 1 atom stereocenters. The second-order valence-electron chi connectivity index (χ2n) is 5.69. The van der Waals surface area contributed by atoms with Crippen molar-refractivity contribution in [1.29, 1.82) is 0 Å². The van der Waals surface area contributed by atoms with Gasteiger partial charge in [0.15, 0.2) is 0 Å². The lowest BCUT2D eigenvalue weighted by Gasteiger charge is -2.37. The molecule has 0 aliphatic carbocycles. The van der Waals surface area contributed by atoms with Gasteiger partial charge in [-0.05, 0) is 32.1 Å². The molecule has 0 aromatic heterocycles. The summed E-state index contributed by atoms with van der Waals surface area (Å²) in [6.45, 7) is 7.91. The standard InChI is InChI=1S/C15H30N2O/c1-4-9-15(12-16,10-5-2)14(18)17-11-7-8-13(17)6-3/h13H,4-12,16H2,1-3H3. The second-order valence-corrected chi connectivity index (χ2v) is 5.69. The molecule has 1 fully saturated rings. The van der Waals surface area contributed by atoms with Gasteiger partial charge in [-0.25, -0.2) is 0 Å². The number of carbonyl (C=O) groups is 1. The molecule has 1 heterocycles. The van der Waals surface area contributed by atoms with Gasteiger partial charge in [0.25, 0.3) is 0 Å². The molecule has 1 amide bonds. The van der Waals surface area contributed by atoms with Crippen LogP contribution in [0.3, 0.4) is 0 Å². The maximum absolute atomic E-state index is 12.9. The van der Waals surface area contributed by atoms with E-state index in [1.54, 1.807) is 0 Å².